The first-order valence-corrected chi connectivity index (χ1v) is 11.4. The Labute approximate surface area is 201 Å². The molecule has 2 heterocycles. The number of hydrogen-bond donors (Lipinski definition) is 0. The third-order valence-corrected chi connectivity index (χ3v) is 7.33. The summed E-state index contributed by atoms with van der Waals surface area (Å²) in [5.41, 5.74) is -1.06. The highest BCUT2D eigenvalue weighted by Gasteiger charge is 2.74. The average molecular weight is 520 g/mol. The van der Waals surface area contributed by atoms with E-state index in [9.17, 15) is 23.6 Å². The molecule has 2 fully saturated rings. The van der Waals surface area contributed by atoms with Gasteiger partial charge in [0, 0.05) is 15.6 Å². The van der Waals surface area contributed by atoms with Crippen LogP contribution in [0.4, 0.5) is 10.1 Å². The lowest BCUT2D eigenvalue weighted by molar-refractivity contribution is -0.127. The van der Waals surface area contributed by atoms with Crippen molar-refractivity contribution in [3.8, 4) is 0 Å². The second kappa shape index (κ2) is 7.25. The zero-order valence-corrected chi connectivity index (χ0v) is 19.0. The molecule has 1 aliphatic carbocycles. The summed E-state index contributed by atoms with van der Waals surface area (Å²) in [5, 5.41) is 0. The first kappa shape index (κ1) is 21.1. The van der Waals surface area contributed by atoms with Gasteiger partial charge >= 0.3 is 0 Å². The molecule has 2 amide bonds. The number of fused-ring (bicyclic) bond motifs is 3. The fourth-order valence-corrected chi connectivity index (χ4v) is 5.58. The van der Waals surface area contributed by atoms with E-state index in [1.807, 2.05) is 0 Å². The van der Waals surface area contributed by atoms with Gasteiger partial charge in [-0.05, 0) is 42.0 Å². The van der Waals surface area contributed by atoms with Crippen LogP contribution in [0.5, 0.6) is 0 Å². The minimum Gasteiger partial charge on any atom is -0.349 e. The smallest absolute Gasteiger partial charge is 0.241 e. The number of ketones is 2. The van der Waals surface area contributed by atoms with E-state index < -0.39 is 52.7 Å². The van der Waals surface area contributed by atoms with Crippen molar-refractivity contribution in [2.24, 2.45) is 11.8 Å². The molecule has 3 aromatic rings. The van der Waals surface area contributed by atoms with Crippen LogP contribution in [-0.2, 0) is 14.3 Å². The molecule has 0 unspecified atom stereocenters. The number of benzene rings is 3. The van der Waals surface area contributed by atoms with Crippen LogP contribution in [-0.4, -0.2) is 29.0 Å². The summed E-state index contributed by atoms with van der Waals surface area (Å²) in [7, 11) is 0. The monoisotopic (exact) mass is 519 g/mol. The molecule has 1 spiro atoms. The molecule has 3 atom stereocenters. The highest BCUT2D eigenvalue weighted by molar-refractivity contribution is 9.10. The van der Waals surface area contributed by atoms with Crippen LogP contribution in [0.25, 0.3) is 0 Å². The number of amides is 2. The second-order valence-electron chi connectivity index (χ2n) is 8.52. The molecule has 0 N–H and O–H groups in total. The van der Waals surface area contributed by atoms with Crippen LogP contribution in [0.15, 0.2) is 77.3 Å². The predicted molar refractivity (Wildman–Crippen MR) is 122 cm³/mol. The number of carbonyl (C=O) groups excluding carboxylic acids is 4. The maximum absolute atomic E-state index is 13.7. The Kier molecular flexibility index (Phi) is 4.49. The van der Waals surface area contributed by atoms with Crippen LogP contribution in [0.3, 0.4) is 0 Å². The first-order valence-electron chi connectivity index (χ1n) is 10.6. The number of carbonyl (C=O) groups is 4. The Hall–Kier alpha value is -3.49. The van der Waals surface area contributed by atoms with Gasteiger partial charge in [0.05, 0.1) is 23.6 Å². The predicted octanol–water partition coefficient (Wildman–Crippen LogP) is 4.28. The number of Topliss-reactive ketones (excluding diaryl/α,β-unsaturated/α-hetero) is 2. The molecule has 6 rings (SSSR count). The molecule has 34 heavy (non-hydrogen) atoms. The first-order chi connectivity index (χ1) is 16.3. The summed E-state index contributed by atoms with van der Waals surface area (Å²) in [4.78, 5) is 55.7. The molecule has 2 aliphatic heterocycles. The third-order valence-electron chi connectivity index (χ3n) is 6.80. The minimum absolute atomic E-state index is 0.170. The third kappa shape index (κ3) is 2.63. The Morgan fingerprint density at radius 2 is 1.38 bits per heavy atom. The Morgan fingerprint density at radius 3 is 1.97 bits per heavy atom. The molecule has 0 saturated carbocycles. The van der Waals surface area contributed by atoms with Crippen LogP contribution in [0.2, 0.25) is 0 Å². The maximum Gasteiger partial charge on any atom is 0.241 e. The zero-order chi connectivity index (χ0) is 23.8. The number of anilines is 1. The van der Waals surface area contributed by atoms with Crippen molar-refractivity contribution in [3.63, 3.8) is 0 Å². The summed E-state index contributed by atoms with van der Waals surface area (Å²) in [5.74, 6) is -5.51. The Morgan fingerprint density at radius 1 is 0.794 bits per heavy atom. The number of hydrogen-bond acceptors (Lipinski definition) is 5. The maximum atomic E-state index is 13.7. The minimum atomic E-state index is -2.13. The van der Waals surface area contributed by atoms with Gasteiger partial charge in [0.2, 0.25) is 29.0 Å². The lowest BCUT2D eigenvalue weighted by Crippen LogP contribution is -2.51. The highest BCUT2D eigenvalue weighted by atomic mass is 79.9. The van der Waals surface area contributed by atoms with Gasteiger partial charge in [0.15, 0.2) is 0 Å². The molecule has 168 valence electrons. The SMILES string of the molecule is O=C1[C@@H]2[C@@H](C(=O)N1c1ccc(F)cc1)C1(O[C@H]2c2ccc(Br)cc2)C(=O)c2ccccc2C1=O. The molecule has 0 bridgehead atoms. The quantitative estimate of drug-likeness (QED) is 0.372. The number of rotatable bonds is 2. The van der Waals surface area contributed by atoms with Gasteiger partial charge < -0.3 is 4.74 Å². The molecular formula is C26H15BrFNO5. The van der Waals surface area contributed by atoms with Crippen LogP contribution < -0.4 is 4.90 Å². The molecule has 2 saturated heterocycles. The zero-order valence-electron chi connectivity index (χ0n) is 17.4. The van der Waals surface area contributed by atoms with Crippen molar-refractivity contribution in [1.82, 2.24) is 0 Å². The van der Waals surface area contributed by atoms with E-state index in [4.69, 9.17) is 4.74 Å². The molecule has 6 nitrogen and oxygen atoms in total. The lowest BCUT2D eigenvalue weighted by atomic mass is 9.77. The number of halogens is 2. The van der Waals surface area contributed by atoms with Gasteiger partial charge in [-0.1, -0.05) is 52.3 Å². The number of ether oxygens (including phenoxy) is 1. The van der Waals surface area contributed by atoms with Crippen molar-refractivity contribution in [2.75, 3.05) is 4.90 Å². The van der Waals surface area contributed by atoms with E-state index >= 15 is 0 Å². The van der Waals surface area contributed by atoms with Crippen molar-refractivity contribution >= 4 is 45.0 Å². The number of imide groups is 1. The fourth-order valence-electron chi connectivity index (χ4n) is 5.32. The largest absolute Gasteiger partial charge is 0.349 e. The van der Waals surface area contributed by atoms with Gasteiger partial charge in [0.25, 0.3) is 0 Å². The number of nitrogens with zero attached hydrogens (tertiary/aromatic N) is 1. The van der Waals surface area contributed by atoms with E-state index in [0.29, 0.717) is 5.56 Å². The van der Waals surface area contributed by atoms with Gasteiger partial charge in [-0.2, -0.15) is 0 Å². The summed E-state index contributed by atoms with van der Waals surface area (Å²) in [6.07, 6.45) is -0.998. The van der Waals surface area contributed by atoms with Crippen LogP contribution in [0, 0.1) is 17.7 Å². The van der Waals surface area contributed by atoms with E-state index in [0.717, 1.165) is 21.5 Å². The Balaban J connectivity index is 1.54. The standard InChI is InChI=1S/C26H15BrFNO5/c27-14-7-5-13(6-8-14)21-19-20(25(33)29(24(19)32)16-11-9-15(28)10-12-16)26(34-21)22(30)17-3-1-2-4-18(17)23(26)31/h1-12,19-21H/t19-,20+,21+/m1/s1. The molecule has 3 aromatic carbocycles. The van der Waals surface area contributed by atoms with E-state index in [1.54, 1.807) is 36.4 Å². The molecule has 3 aliphatic rings. The van der Waals surface area contributed by atoms with Crippen molar-refractivity contribution < 1.29 is 28.3 Å². The van der Waals surface area contributed by atoms with Crippen LogP contribution in [0.1, 0.15) is 32.4 Å². The van der Waals surface area contributed by atoms with Gasteiger partial charge in [-0.15, -0.1) is 0 Å². The molecular weight excluding hydrogens is 505 g/mol. The normalized spacial score (nSPS) is 24.8. The van der Waals surface area contributed by atoms with Crippen molar-refractivity contribution in [3.05, 3.63) is 99.8 Å². The summed E-state index contributed by atoms with van der Waals surface area (Å²) in [6.45, 7) is 0. The molecule has 0 radical (unpaired) electrons. The second-order valence-corrected chi connectivity index (χ2v) is 9.44. The van der Waals surface area contributed by atoms with E-state index in [2.05, 4.69) is 15.9 Å². The molecule has 8 heteroatoms. The Bertz CT molecular complexity index is 1370. The van der Waals surface area contributed by atoms with Crippen molar-refractivity contribution in [1.29, 1.82) is 0 Å². The van der Waals surface area contributed by atoms with E-state index in [-0.39, 0.29) is 16.8 Å². The fraction of sp³-hybridized carbons (Fsp3) is 0.154. The summed E-state index contributed by atoms with van der Waals surface area (Å²) < 4.78 is 20.5. The van der Waals surface area contributed by atoms with Crippen molar-refractivity contribution in [2.45, 2.75) is 11.7 Å². The van der Waals surface area contributed by atoms with Crippen LogP contribution >= 0.6 is 15.9 Å². The topological polar surface area (TPSA) is 80.8 Å². The van der Waals surface area contributed by atoms with Gasteiger partial charge in [-0.3, -0.25) is 19.2 Å². The van der Waals surface area contributed by atoms with Gasteiger partial charge in [0.1, 0.15) is 5.82 Å². The molecule has 0 aromatic heterocycles. The average Bonchev–Trinajstić information content (AvgIpc) is 3.40. The lowest BCUT2D eigenvalue weighted by Gasteiger charge is -2.27. The van der Waals surface area contributed by atoms with E-state index in [1.165, 1.54) is 24.3 Å². The highest BCUT2D eigenvalue weighted by Crippen LogP contribution is 2.57. The summed E-state index contributed by atoms with van der Waals surface area (Å²) >= 11 is 3.37. The van der Waals surface area contributed by atoms with Gasteiger partial charge in [-0.25, -0.2) is 9.29 Å². The summed E-state index contributed by atoms with van der Waals surface area (Å²) in [6, 6.07) is 18.2.